The number of benzene rings is 1. The fraction of sp³-hybridized carbons (Fsp3) is 0.467. The van der Waals surface area contributed by atoms with Crippen molar-refractivity contribution in [2.75, 3.05) is 0 Å². The van der Waals surface area contributed by atoms with Crippen LogP contribution in [-0.4, -0.2) is 26.3 Å². The standard InChI is InChI=1S/C15H19FN2O2/c1-9(2)14(19)13-11-7-10(16)5-6-12(11)18(17-13)8-15(3,4)20/h5-7,9,20H,8H2,1-4H3. The zero-order valence-electron chi connectivity index (χ0n) is 12.1. The number of hydrogen-bond acceptors (Lipinski definition) is 3. The third-order valence-electron chi connectivity index (χ3n) is 3.01. The molecule has 0 aliphatic carbocycles. The second-order valence-electron chi connectivity index (χ2n) is 6.00. The Hall–Kier alpha value is -1.75. The Labute approximate surface area is 117 Å². The Bertz CT molecular complexity index is 654. The number of aromatic nitrogens is 2. The molecule has 0 aliphatic heterocycles. The lowest BCUT2D eigenvalue weighted by Gasteiger charge is -2.17. The van der Waals surface area contributed by atoms with Crippen LogP contribution in [0, 0.1) is 11.7 Å². The highest BCUT2D eigenvalue weighted by Gasteiger charge is 2.23. The summed E-state index contributed by atoms with van der Waals surface area (Å²) in [5.41, 5.74) is -0.0536. The quantitative estimate of drug-likeness (QED) is 0.875. The first-order valence-corrected chi connectivity index (χ1v) is 6.62. The lowest BCUT2D eigenvalue weighted by Crippen LogP contribution is -2.26. The number of carbonyl (C=O) groups excluding carboxylic acids is 1. The molecule has 20 heavy (non-hydrogen) atoms. The van der Waals surface area contributed by atoms with Crippen LogP contribution >= 0.6 is 0 Å². The highest BCUT2D eigenvalue weighted by Crippen LogP contribution is 2.23. The van der Waals surface area contributed by atoms with E-state index in [2.05, 4.69) is 5.10 Å². The number of hydrogen-bond donors (Lipinski definition) is 1. The highest BCUT2D eigenvalue weighted by atomic mass is 19.1. The van der Waals surface area contributed by atoms with Crippen molar-refractivity contribution in [1.82, 2.24) is 9.78 Å². The van der Waals surface area contributed by atoms with Crippen LogP contribution in [0.15, 0.2) is 18.2 Å². The number of ketones is 1. The lowest BCUT2D eigenvalue weighted by atomic mass is 10.0. The molecule has 4 nitrogen and oxygen atoms in total. The molecule has 0 atom stereocenters. The van der Waals surface area contributed by atoms with Crippen LogP contribution in [0.25, 0.3) is 10.9 Å². The van der Waals surface area contributed by atoms with Gasteiger partial charge < -0.3 is 5.11 Å². The summed E-state index contributed by atoms with van der Waals surface area (Å²) in [5.74, 6) is -0.750. The first kappa shape index (κ1) is 14.7. The molecule has 108 valence electrons. The maximum atomic E-state index is 13.4. The molecule has 0 saturated heterocycles. The van der Waals surface area contributed by atoms with Crippen molar-refractivity contribution in [1.29, 1.82) is 0 Å². The molecule has 0 amide bonds. The van der Waals surface area contributed by atoms with Gasteiger partial charge in [-0.25, -0.2) is 4.39 Å². The number of fused-ring (bicyclic) bond motifs is 1. The minimum absolute atomic E-state index is 0.130. The fourth-order valence-electron chi connectivity index (χ4n) is 2.09. The predicted molar refractivity (Wildman–Crippen MR) is 75.2 cm³/mol. The average Bonchev–Trinajstić information content (AvgIpc) is 2.64. The van der Waals surface area contributed by atoms with Crippen molar-refractivity contribution in [2.45, 2.75) is 39.8 Å². The Morgan fingerprint density at radius 1 is 1.45 bits per heavy atom. The molecular weight excluding hydrogens is 259 g/mol. The molecule has 1 N–H and O–H groups in total. The molecule has 0 unspecified atom stereocenters. The Morgan fingerprint density at radius 3 is 2.65 bits per heavy atom. The molecule has 0 bridgehead atoms. The Kier molecular flexibility index (Phi) is 3.65. The van der Waals surface area contributed by atoms with Crippen LogP contribution in [0.4, 0.5) is 4.39 Å². The Morgan fingerprint density at radius 2 is 2.10 bits per heavy atom. The van der Waals surface area contributed by atoms with E-state index in [-0.39, 0.29) is 23.9 Å². The molecule has 0 saturated carbocycles. The van der Waals surface area contributed by atoms with E-state index in [9.17, 15) is 14.3 Å². The van der Waals surface area contributed by atoms with Gasteiger partial charge in [-0.3, -0.25) is 9.48 Å². The molecule has 1 aromatic heterocycles. The van der Waals surface area contributed by atoms with Gasteiger partial charge in [0.05, 0.1) is 17.7 Å². The molecule has 5 heteroatoms. The van der Waals surface area contributed by atoms with Gasteiger partial charge in [-0.05, 0) is 32.0 Å². The molecule has 0 fully saturated rings. The van der Waals surface area contributed by atoms with Crippen molar-refractivity contribution in [2.24, 2.45) is 5.92 Å². The van der Waals surface area contributed by atoms with Crippen LogP contribution in [0.2, 0.25) is 0 Å². The zero-order valence-corrected chi connectivity index (χ0v) is 12.1. The minimum atomic E-state index is -0.967. The Balaban J connectivity index is 2.63. The summed E-state index contributed by atoms with van der Waals surface area (Å²) >= 11 is 0. The predicted octanol–water partition coefficient (Wildman–Crippen LogP) is 2.79. The van der Waals surface area contributed by atoms with Crippen LogP contribution in [0.5, 0.6) is 0 Å². The van der Waals surface area contributed by atoms with Crippen LogP contribution in [-0.2, 0) is 6.54 Å². The first-order valence-electron chi connectivity index (χ1n) is 6.62. The largest absolute Gasteiger partial charge is 0.389 e. The van der Waals surface area contributed by atoms with Crippen LogP contribution in [0.3, 0.4) is 0 Å². The summed E-state index contributed by atoms with van der Waals surface area (Å²) in [6, 6.07) is 4.23. The smallest absolute Gasteiger partial charge is 0.186 e. The van der Waals surface area contributed by atoms with E-state index < -0.39 is 11.4 Å². The van der Waals surface area contributed by atoms with Gasteiger partial charge in [0.1, 0.15) is 11.5 Å². The second kappa shape index (κ2) is 4.98. The van der Waals surface area contributed by atoms with E-state index in [0.29, 0.717) is 10.9 Å². The maximum absolute atomic E-state index is 13.4. The van der Waals surface area contributed by atoms with Crippen LogP contribution < -0.4 is 0 Å². The van der Waals surface area contributed by atoms with E-state index in [1.54, 1.807) is 38.4 Å². The van der Waals surface area contributed by atoms with E-state index in [4.69, 9.17) is 0 Å². The highest BCUT2D eigenvalue weighted by molar-refractivity contribution is 6.06. The number of carbonyl (C=O) groups is 1. The number of Topliss-reactive ketones (excluding diaryl/α,β-unsaturated/α-hetero) is 1. The fourth-order valence-corrected chi connectivity index (χ4v) is 2.09. The third-order valence-corrected chi connectivity index (χ3v) is 3.01. The van der Waals surface area contributed by atoms with Gasteiger partial charge in [-0.2, -0.15) is 5.10 Å². The van der Waals surface area contributed by atoms with E-state index >= 15 is 0 Å². The summed E-state index contributed by atoms with van der Waals surface area (Å²) in [5, 5.41) is 14.7. The van der Waals surface area contributed by atoms with E-state index in [0.717, 1.165) is 0 Å². The number of nitrogens with zero attached hydrogens (tertiary/aromatic N) is 2. The molecule has 0 aliphatic rings. The molecule has 1 heterocycles. The number of halogens is 1. The topological polar surface area (TPSA) is 55.1 Å². The van der Waals surface area contributed by atoms with Gasteiger partial charge in [-0.1, -0.05) is 13.8 Å². The summed E-state index contributed by atoms with van der Waals surface area (Å²) in [4.78, 5) is 12.2. The van der Waals surface area contributed by atoms with Gasteiger partial charge in [0.2, 0.25) is 0 Å². The van der Waals surface area contributed by atoms with Gasteiger partial charge >= 0.3 is 0 Å². The van der Waals surface area contributed by atoms with Gasteiger partial charge in [0, 0.05) is 11.3 Å². The van der Waals surface area contributed by atoms with Gasteiger partial charge in [0.15, 0.2) is 5.78 Å². The van der Waals surface area contributed by atoms with Crippen molar-refractivity contribution in [3.63, 3.8) is 0 Å². The molecule has 0 radical (unpaired) electrons. The van der Waals surface area contributed by atoms with Crippen molar-refractivity contribution < 1.29 is 14.3 Å². The van der Waals surface area contributed by atoms with Gasteiger partial charge in [0.25, 0.3) is 0 Å². The zero-order chi connectivity index (χ0) is 15.1. The lowest BCUT2D eigenvalue weighted by molar-refractivity contribution is 0.0587. The number of aliphatic hydroxyl groups is 1. The minimum Gasteiger partial charge on any atom is -0.389 e. The SMILES string of the molecule is CC(C)C(=O)c1nn(CC(C)(C)O)c2ccc(F)cc12. The third kappa shape index (κ3) is 2.88. The molecule has 1 aromatic carbocycles. The number of rotatable bonds is 4. The van der Waals surface area contributed by atoms with E-state index in [1.807, 2.05) is 0 Å². The molecule has 2 aromatic rings. The summed E-state index contributed by atoms with van der Waals surface area (Å²) in [6.45, 7) is 7.12. The molecule has 0 spiro atoms. The van der Waals surface area contributed by atoms with Crippen LogP contribution in [0.1, 0.15) is 38.2 Å². The first-order chi connectivity index (χ1) is 9.19. The normalized spacial score (nSPS) is 12.3. The summed E-state index contributed by atoms with van der Waals surface area (Å²) in [6.07, 6.45) is 0. The average molecular weight is 278 g/mol. The van der Waals surface area contributed by atoms with Gasteiger partial charge in [-0.15, -0.1) is 0 Å². The second-order valence-corrected chi connectivity index (χ2v) is 6.00. The molecule has 2 rings (SSSR count). The van der Waals surface area contributed by atoms with E-state index in [1.165, 1.54) is 12.1 Å². The van der Waals surface area contributed by atoms with Crippen molar-refractivity contribution in [3.05, 3.63) is 29.7 Å². The van der Waals surface area contributed by atoms with Crippen molar-refractivity contribution >= 4 is 16.7 Å². The summed E-state index contributed by atoms with van der Waals surface area (Å²) < 4.78 is 15.0. The monoisotopic (exact) mass is 278 g/mol. The van der Waals surface area contributed by atoms with Crippen molar-refractivity contribution in [3.8, 4) is 0 Å². The summed E-state index contributed by atoms with van der Waals surface area (Å²) in [7, 11) is 0. The molecular formula is C15H19FN2O2. The maximum Gasteiger partial charge on any atom is 0.186 e.